The van der Waals surface area contributed by atoms with E-state index < -0.39 is 0 Å². The molecule has 2 heterocycles. The molecule has 0 spiro atoms. The summed E-state index contributed by atoms with van der Waals surface area (Å²) in [5.74, 6) is 2.54. The van der Waals surface area contributed by atoms with E-state index in [0.717, 1.165) is 12.2 Å². The molecule has 0 radical (unpaired) electrons. The smallest absolute Gasteiger partial charge is 0.258 e. The van der Waals surface area contributed by atoms with E-state index in [0.29, 0.717) is 17.8 Å². The van der Waals surface area contributed by atoms with Crippen molar-refractivity contribution in [3.63, 3.8) is 0 Å². The monoisotopic (exact) mass is 294 g/mol. The van der Waals surface area contributed by atoms with Crippen molar-refractivity contribution in [3.8, 4) is 5.95 Å². The molecule has 1 atom stereocenters. The molecule has 2 aromatic heterocycles. The molecule has 0 aliphatic carbocycles. The Morgan fingerprint density at radius 3 is 2.75 bits per heavy atom. The number of hydrogen-bond acceptors (Lipinski definition) is 8. The Balaban J connectivity index is 2.18. The van der Waals surface area contributed by atoms with E-state index >= 15 is 0 Å². The van der Waals surface area contributed by atoms with Crippen molar-refractivity contribution in [2.24, 2.45) is 0 Å². The number of thioether (sulfide) groups is 1. The summed E-state index contributed by atoms with van der Waals surface area (Å²) in [6.07, 6.45) is 6.13. The van der Waals surface area contributed by atoms with Crippen molar-refractivity contribution < 1.29 is 0 Å². The van der Waals surface area contributed by atoms with Crippen LogP contribution in [0, 0.1) is 0 Å². The lowest BCUT2D eigenvalue weighted by Gasteiger charge is -2.14. The third-order valence-corrected chi connectivity index (χ3v) is 3.25. The molecule has 2 N–H and O–H groups in total. The zero-order chi connectivity index (χ0) is 14.4. The molecule has 2 rings (SSSR count). The molecule has 0 aliphatic rings. The van der Waals surface area contributed by atoms with Crippen molar-refractivity contribution in [1.29, 1.82) is 0 Å². The lowest BCUT2D eigenvalue weighted by atomic mass is 10.3. The van der Waals surface area contributed by atoms with Gasteiger partial charge in [0.25, 0.3) is 5.95 Å². The lowest BCUT2D eigenvalue weighted by molar-refractivity contribution is 0.746. The van der Waals surface area contributed by atoms with Crippen LogP contribution in [0.15, 0.2) is 12.7 Å². The molecular weight excluding hydrogens is 276 g/mol. The number of anilines is 2. The summed E-state index contributed by atoms with van der Waals surface area (Å²) in [7, 11) is 1.77. The Labute approximate surface area is 121 Å². The highest BCUT2D eigenvalue weighted by atomic mass is 32.2. The molecule has 20 heavy (non-hydrogen) atoms. The highest BCUT2D eigenvalue weighted by molar-refractivity contribution is 7.98. The highest BCUT2D eigenvalue weighted by Crippen LogP contribution is 2.10. The number of rotatable bonds is 7. The van der Waals surface area contributed by atoms with Gasteiger partial charge in [-0.3, -0.25) is 0 Å². The van der Waals surface area contributed by atoms with E-state index in [4.69, 9.17) is 0 Å². The minimum Gasteiger partial charge on any atom is -0.357 e. The molecule has 0 aromatic carbocycles. The first-order valence-electron chi connectivity index (χ1n) is 6.27. The summed E-state index contributed by atoms with van der Waals surface area (Å²) in [5, 5.41) is 10.2. The maximum atomic E-state index is 4.35. The van der Waals surface area contributed by atoms with Gasteiger partial charge in [-0.05, 0) is 25.4 Å². The maximum absolute atomic E-state index is 4.35. The first-order valence-corrected chi connectivity index (χ1v) is 7.66. The van der Waals surface area contributed by atoms with E-state index in [1.807, 2.05) is 11.8 Å². The lowest BCUT2D eigenvalue weighted by Crippen LogP contribution is -2.19. The van der Waals surface area contributed by atoms with Gasteiger partial charge in [-0.15, -0.1) is 0 Å². The van der Waals surface area contributed by atoms with Crippen LogP contribution in [0.3, 0.4) is 0 Å². The normalized spacial score (nSPS) is 12.2. The summed E-state index contributed by atoms with van der Waals surface area (Å²) in [5.41, 5.74) is 0. The van der Waals surface area contributed by atoms with Crippen LogP contribution in [0.1, 0.15) is 13.3 Å². The molecule has 0 saturated carbocycles. The van der Waals surface area contributed by atoms with E-state index in [2.05, 4.69) is 48.8 Å². The minimum atomic E-state index is 0.290. The molecular formula is C11H18N8S. The van der Waals surface area contributed by atoms with Gasteiger partial charge in [0.15, 0.2) is 0 Å². The largest absolute Gasteiger partial charge is 0.357 e. The SMILES string of the molecule is CNc1nc(NC(C)CCSC)nc(-n2cncn2)n1. The van der Waals surface area contributed by atoms with Gasteiger partial charge in [0.1, 0.15) is 12.7 Å². The van der Waals surface area contributed by atoms with Gasteiger partial charge in [0.05, 0.1) is 0 Å². The zero-order valence-corrected chi connectivity index (χ0v) is 12.6. The summed E-state index contributed by atoms with van der Waals surface area (Å²) >= 11 is 1.82. The van der Waals surface area contributed by atoms with Crippen LogP contribution >= 0.6 is 11.8 Å². The van der Waals surface area contributed by atoms with Crippen molar-refractivity contribution >= 4 is 23.7 Å². The van der Waals surface area contributed by atoms with Gasteiger partial charge in [-0.1, -0.05) is 0 Å². The third-order valence-electron chi connectivity index (χ3n) is 2.60. The fraction of sp³-hybridized carbons (Fsp3) is 0.545. The van der Waals surface area contributed by atoms with Gasteiger partial charge in [-0.2, -0.15) is 36.5 Å². The second-order valence-corrected chi connectivity index (χ2v) is 5.19. The Bertz CT molecular complexity index is 529. The molecule has 108 valence electrons. The van der Waals surface area contributed by atoms with Crippen molar-refractivity contribution in [2.75, 3.05) is 29.7 Å². The topological polar surface area (TPSA) is 93.4 Å². The second kappa shape index (κ2) is 7.04. The van der Waals surface area contributed by atoms with Crippen LogP contribution in [0.25, 0.3) is 5.95 Å². The van der Waals surface area contributed by atoms with Crippen molar-refractivity contribution in [2.45, 2.75) is 19.4 Å². The van der Waals surface area contributed by atoms with Crippen molar-refractivity contribution in [1.82, 2.24) is 29.7 Å². The molecule has 8 nitrogen and oxygen atoms in total. The Kier molecular flexibility index (Phi) is 5.10. The van der Waals surface area contributed by atoms with Gasteiger partial charge in [0.2, 0.25) is 11.9 Å². The summed E-state index contributed by atoms with van der Waals surface area (Å²) in [6, 6.07) is 0.290. The zero-order valence-electron chi connectivity index (χ0n) is 11.7. The Hall–Kier alpha value is -1.90. The molecule has 0 fully saturated rings. The van der Waals surface area contributed by atoms with E-state index in [-0.39, 0.29) is 6.04 Å². The van der Waals surface area contributed by atoms with E-state index in [9.17, 15) is 0 Å². The second-order valence-electron chi connectivity index (χ2n) is 4.20. The average Bonchev–Trinajstić information content (AvgIpc) is 2.99. The number of nitrogens with zero attached hydrogens (tertiary/aromatic N) is 6. The summed E-state index contributed by atoms with van der Waals surface area (Å²) < 4.78 is 1.50. The summed E-state index contributed by atoms with van der Waals surface area (Å²) in [4.78, 5) is 16.8. The molecule has 2 aromatic rings. The number of nitrogens with one attached hydrogen (secondary N) is 2. The quantitative estimate of drug-likeness (QED) is 0.782. The van der Waals surface area contributed by atoms with Crippen LogP contribution in [-0.2, 0) is 0 Å². The Morgan fingerprint density at radius 1 is 1.30 bits per heavy atom. The third kappa shape index (κ3) is 3.80. The van der Waals surface area contributed by atoms with Crippen LogP contribution < -0.4 is 10.6 Å². The fourth-order valence-electron chi connectivity index (χ4n) is 1.54. The first-order chi connectivity index (χ1) is 9.72. The molecule has 0 amide bonds. The summed E-state index contributed by atoms with van der Waals surface area (Å²) in [6.45, 7) is 2.11. The molecule has 0 saturated heterocycles. The van der Waals surface area contributed by atoms with Crippen LogP contribution in [-0.4, -0.2) is 54.8 Å². The number of hydrogen-bond donors (Lipinski definition) is 2. The standard InChI is InChI=1S/C11H18N8S/c1-8(4-5-20-3)15-10-16-9(12-2)17-11(18-10)19-7-13-6-14-19/h6-8H,4-5H2,1-3H3,(H2,12,15,16,17,18). The molecule has 0 bridgehead atoms. The van der Waals surface area contributed by atoms with Gasteiger partial charge < -0.3 is 10.6 Å². The average molecular weight is 294 g/mol. The maximum Gasteiger partial charge on any atom is 0.258 e. The minimum absolute atomic E-state index is 0.290. The molecule has 0 aliphatic heterocycles. The van der Waals surface area contributed by atoms with Gasteiger partial charge in [0, 0.05) is 13.1 Å². The fourth-order valence-corrected chi connectivity index (χ4v) is 2.13. The number of aromatic nitrogens is 6. The molecule has 1 unspecified atom stereocenters. The predicted octanol–water partition coefficient (Wildman–Crippen LogP) is 1.05. The van der Waals surface area contributed by atoms with Crippen molar-refractivity contribution in [3.05, 3.63) is 12.7 Å². The molecule has 9 heteroatoms. The highest BCUT2D eigenvalue weighted by Gasteiger charge is 2.10. The van der Waals surface area contributed by atoms with Crippen LogP contribution in [0.2, 0.25) is 0 Å². The van der Waals surface area contributed by atoms with Gasteiger partial charge in [-0.25, -0.2) is 4.98 Å². The van der Waals surface area contributed by atoms with Crippen LogP contribution in [0.4, 0.5) is 11.9 Å². The predicted molar refractivity (Wildman–Crippen MR) is 80.4 cm³/mol. The first kappa shape index (κ1) is 14.5. The van der Waals surface area contributed by atoms with Crippen LogP contribution in [0.5, 0.6) is 0 Å². The van der Waals surface area contributed by atoms with E-state index in [1.54, 1.807) is 13.4 Å². The Morgan fingerprint density at radius 2 is 2.10 bits per heavy atom. The van der Waals surface area contributed by atoms with E-state index in [1.165, 1.54) is 11.0 Å². The van der Waals surface area contributed by atoms with Gasteiger partial charge >= 0.3 is 0 Å².